The van der Waals surface area contributed by atoms with Crippen molar-refractivity contribution in [2.75, 3.05) is 26.7 Å². The zero-order chi connectivity index (χ0) is 19.7. The first-order valence-corrected chi connectivity index (χ1v) is 9.38. The molecule has 2 atom stereocenters. The molecule has 1 saturated heterocycles. The van der Waals surface area contributed by atoms with Gasteiger partial charge in [-0.1, -0.05) is 6.92 Å². The summed E-state index contributed by atoms with van der Waals surface area (Å²) in [6.07, 6.45) is 3.59. The summed E-state index contributed by atoms with van der Waals surface area (Å²) in [7, 11) is 1.68. The summed E-state index contributed by atoms with van der Waals surface area (Å²) in [6, 6.07) is 9.73. The second kappa shape index (κ2) is 7.69. The highest BCUT2D eigenvalue weighted by Gasteiger charge is 2.33. The van der Waals surface area contributed by atoms with Gasteiger partial charge in [-0.2, -0.15) is 0 Å². The standard InChI is InChI=1S/C21H23FN4O2/c1-3-25-11-18(19(13-25)28-2)24-21(27)15-6-9-20-23-17(12-26(20)10-15)14-4-7-16(22)8-5-14/h4-10,12,18-19H,3,11,13H2,1-2H3,(H,24,27). The fourth-order valence-corrected chi connectivity index (χ4v) is 3.63. The van der Waals surface area contributed by atoms with Crippen molar-refractivity contribution in [1.82, 2.24) is 19.6 Å². The van der Waals surface area contributed by atoms with Crippen LogP contribution in [-0.4, -0.2) is 59.1 Å². The molecule has 0 aliphatic carbocycles. The first kappa shape index (κ1) is 18.6. The second-order valence-electron chi connectivity index (χ2n) is 7.02. The molecule has 0 saturated carbocycles. The molecule has 2 aromatic heterocycles. The van der Waals surface area contributed by atoms with E-state index in [1.165, 1.54) is 12.1 Å². The number of carbonyl (C=O) groups excluding carboxylic acids is 1. The quantitative estimate of drug-likeness (QED) is 0.737. The SMILES string of the molecule is CCN1CC(NC(=O)c2ccc3nc(-c4ccc(F)cc4)cn3c2)C(OC)C1. The van der Waals surface area contributed by atoms with Crippen LogP contribution >= 0.6 is 0 Å². The summed E-state index contributed by atoms with van der Waals surface area (Å²) in [4.78, 5) is 19.6. The minimum Gasteiger partial charge on any atom is -0.378 e. The van der Waals surface area contributed by atoms with Gasteiger partial charge in [0.1, 0.15) is 11.5 Å². The molecule has 146 valence electrons. The van der Waals surface area contributed by atoms with Crippen molar-refractivity contribution >= 4 is 11.6 Å². The Hall–Kier alpha value is -2.77. The number of carbonyl (C=O) groups is 1. The Morgan fingerprint density at radius 3 is 2.71 bits per heavy atom. The molecule has 7 heteroatoms. The average Bonchev–Trinajstić information content (AvgIpc) is 3.31. The number of fused-ring (bicyclic) bond motifs is 1. The van der Waals surface area contributed by atoms with Gasteiger partial charge < -0.3 is 14.5 Å². The summed E-state index contributed by atoms with van der Waals surface area (Å²) in [6.45, 7) is 4.63. The number of amides is 1. The molecule has 1 amide bonds. The maximum atomic E-state index is 13.1. The Morgan fingerprint density at radius 2 is 2.00 bits per heavy atom. The molecular formula is C21H23FN4O2. The van der Waals surface area contributed by atoms with Crippen molar-refractivity contribution in [2.45, 2.75) is 19.1 Å². The summed E-state index contributed by atoms with van der Waals surface area (Å²) in [5, 5.41) is 3.09. The molecule has 1 aliphatic rings. The number of hydrogen-bond acceptors (Lipinski definition) is 4. The highest BCUT2D eigenvalue weighted by molar-refractivity contribution is 5.94. The van der Waals surface area contributed by atoms with Gasteiger partial charge in [-0.25, -0.2) is 9.37 Å². The van der Waals surface area contributed by atoms with E-state index in [0.29, 0.717) is 5.56 Å². The number of imidazole rings is 1. The van der Waals surface area contributed by atoms with Crippen LogP contribution in [0.1, 0.15) is 17.3 Å². The number of methoxy groups -OCH3 is 1. The lowest BCUT2D eigenvalue weighted by atomic mass is 10.2. The minimum absolute atomic E-state index is 0.00838. The Morgan fingerprint density at radius 1 is 1.21 bits per heavy atom. The van der Waals surface area contributed by atoms with E-state index in [1.54, 1.807) is 31.5 Å². The third kappa shape index (κ3) is 3.63. The van der Waals surface area contributed by atoms with Gasteiger partial charge >= 0.3 is 0 Å². The maximum absolute atomic E-state index is 13.1. The lowest BCUT2D eigenvalue weighted by Crippen LogP contribution is -2.43. The van der Waals surface area contributed by atoms with Crippen molar-refractivity contribution in [3.8, 4) is 11.3 Å². The minimum atomic E-state index is -0.283. The highest BCUT2D eigenvalue weighted by atomic mass is 19.1. The lowest BCUT2D eigenvalue weighted by molar-refractivity contribution is 0.0762. The van der Waals surface area contributed by atoms with Gasteiger partial charge in [-0.05, 0) is 42.9 Å². The highest BCUT2D eigenvalue weighted by Crippen LogP contribution is 2.20. The number of benzene rings is 1. The lowest BCUT2D eigenvalue weighted by Gasteiger charge is -2.18. The molecule has 1 fully saturated rings. The van der Waals surface area contributed by atoms with E-state index in [1.807, 2.05) is 16.7 Å². The van der Waals surface area contributed by atoms with Crippen LogP contribution < -0.4 is 5.32 Å². The number of aromatic nitrogens is 2. The number of likely N-dealkylation sites (N-methyl/N-ethyl adjacent to an activating group) is 1. The number of likely N-dealkylation sites (tertiary alicyclic amines) is 1. The molecular weight excluding hydrogens is 359 g/mol. The van der Waals surface area contributed by atoms with E-state index >= 15 is 0 Å². The van der Waals surface area contributed by atoms with E-state index in [-0.39, 0.29) is 23.9 Å². The largest absolute Gasteiger partial charge is 0.378 e. The molecule has 3 heterocycles. The number of halogens is 1. The summed E-state index contributed by atoms with van der Waals surface area (Å²) in [5.41, 5.74) is 2.83. The molecule has 1 aromatic carbocycles. The van der Waals surface area contributed by atoms with Gasteiger partial charge in [-0.3, -0.25) is 9.69 Å². The van der Waals surface area contributed by atoms with E-state index in [2.05, 4.69) is 22.1 Å². The molecule has 1 N–H and O–H groups in total. The molecule has 0 radical (unpaired) electrons. The van der Waals surface area contributed by atoms with Gasteiger partial charge in [0, 0.05) is 38.2 Å². The van der Waals surface area contributed by atoms with Crippen LogP contribution in [0.4, 0.5) is 4.39 Å². The number of ether oxygens (including phenoxy) is 1. The monoisotopic (exact) mass is 382 g/mol. The Kier molecular flexibility index (Phi) is 5.11. The molecule has 6 nitrogen and oxygen atoms in total. The van der Waals surface area contributed by atoms with Crippen molar-refractivity contribution in [3.05, 3.63) is 60.2 Å². The fourth-order valence-electron chi connectivity index (χ4n) is 3.63. The topological polar surface area (TPSA) is 58.9 Å². The van der Waals surface area contributed by atoms with Crippen LogP contribution in [0.25, 0.3) is 16.9 Å². The molecule has 28 heavy (non-hydrogen) atoms. The van der Waals surface area contributed by atoms with Crippen LogP contribution in [0.3, 0.4) is 0 Å². The number of hydrogen-bond donors (Lipinski definition) is 1. The predicted molar refractivity (Wildman–Crippen MR) is 105 cm³/mol. The van der Waals surface area contributed by atoms with E-state index < -0.39 is 0 Å². The third-order valence-electron chi connectivity index (χ3n) is 5.26. The van der Waals surface area contributed by atoms with Crippen molar-refractivity contribution in [2.24, 2.45) is 0 Å². The molecule has 1 aliphatic heterocycles. The van der Waals surface area contributed by atoms with Gasteiger partial charge in [0.25, 0.3) is 5.91 Å². The molecule has 3 aromatic rings. The first-order valence-electron chi connectivity index (χ1n) is 9.38. The Bertz CT molecular complexity index is 986. The normalized spacial score (nSPS) is 20.0. The van der Waals surface area contributed by atoms with Crippen LogP contribution in [0.2, 0.25) is 0 Å². The predicted octanol–water partition coefficient (Wildman–Crippen LogP) is 2.59. The smallest absolute Gasteiger partial charge is 0.253 e. The van der Waals surface area contributed by atoms with Crippen molar-refractivity contribution in [3.63, 3.8) is 0 Å². The van der Waals surface area contributed by atoms with E-state index in [0.717, 1.165) is 36.5 Å². The average molecular weight is 382 g/mol. The zero-order valence-electron chi connectivity index (χ0n) is 15.9. The van der Waals surface area contributed by atoms with Crippen molar-refractivity contribution in [1.29, 1.82) is 0 Å². The van der Waals surface area contributed by atoms with Crippen molar-refractivity contribution < 1.29 is 13.9 Å². The van der Waals surface area contributed by atoms with Crippen LogP contribution in [0.5, 0.6) is 0 Å². The van der Waals surface area contributed by atoms with Gasteiger partial charge in [-0.15, -0.1) is 0 Å². The Labute approximate surface area is 162 Å². The molecule has 2 unspecified atom stereocenters. The maximum Gasteiger partial charge on any atom is 0.253 e. The number of rotatable bonds is 5. The van der Waals surface area contributed by atoms with E-state index in [4.69, 9.17) is 4.74 Å². The number of pyridine rings is 1. The molecule has 0 spiro atoms. The van der Waals surface area contributed by atoms with Gasteiger partial charge in [0.15, 0.2) is 0 Å². The summed E-state index contributed by atoms with van der Waals surface area (Å²) >= 11 is 0. The molecule has 4 rings (SSSR count). The first-order chi connectivity index (χ1) is 13.6. The molecule has 0 bridgehead atoms. The Balaban J connectivity index is 1.54. The van der Waals surface area contributed by atoms with Gasteiger partial charge in [0.2, 0.25) is 0 Å². The van der Waals surface area contributed by atoms with Gasteiger partial charge in [0.05, 0.1) is 23.4 Å². The van der Waals surface area contributed by atoms with Crippen LogP contribution in [0, 0.1) is 5.82 Å². The fraction of sp³-hybridized carbons (Fsp3) is 0.333. The third-order valence-corrected chi connectivity index (χ3v) is 5.26. The van der Waals surface area contributed by atoms with E-state index in [9.17, 15) is 9.18 Å². The number of nitrogens with one attached hydrogen (secondary N) is 1. The van der Waals surface area contributed by atoms with Crippen LogP contribution in [-0.2, 0) is 4.74 Å². The van der Waals surface area contributed by atoms with Crippen LogP contribution in [0.15, 0.2) is 48.8 Å². The summed E-state index contributed by atoms with van der Waals surface area (Å²) in [5.74, 6) is -0.418. The summed E-state index contributed by atoms with van der Waals surface area (Å²) < 4.78 is 20.5. The second-order valence-corrected chi connectivity index (χ2v) is 7.02. The number of nitrogens with zero attached hydrogens (tertiary/aromatic N) is 3. The zero-order valence-corrected chi connectivity index (χ0v) is 15.9.